The third kappa shape index (κ3) is 1.95. The fourth-order valence-electron chi connectivity index (χ4n) is 2.13. The highest BCUT2D eigenvalue weighted by Crippen LogP contribution is 2.32. The van der Waals surface area contributed by atoms with Crippen molar-refractivity contribution < 1.29 is 0 Å². The topological polar surface area (TPSA) is 54.0 Å². The number of aromatic nitrogens is 3. The Hall–Kier alpha value is -2.49. The monoisotopic (exact) mass is 308 g/mol. The lowest BCUT2D eigenvalue weighted by Gasteiger charge is -1.94. The van der Waals surface area contributed by atoms with E-state index in [4.69, 9.17) is 0 Å². The molecule has 0 atom stereocenters. The molecule has 0 aliphatic rings. The van der Waals surface area contributed by atoms with Gasteiger partial charge in [0.15, 0.2) is 5.69 Å². The first kappa shape index (κ1) is 12.3. The third-order valence-corrected chi connectivity index (χ3v) is 4.92. The third-order valence-electron chi connectivity index (χ3n) is 3.08. The molecule has 0 aliphatic heterocycles. The first-order valence-electron chi connectivity index (χ1n) is 6.26. The van der Waals surface area contributed by atoms with Gasteiger partial charge in [-0.15, -0.1) is 11.3 Å². The summed E-state index contributed by atoms with van der Waals surface area (Å²) in [5, 5.41) is 16.8. The summed E-state index contributed by atoms with van der Waals surface area (Å²) in [6.45, 7) is 0. The zero-order valence-corrected chi connectivity index (χ0v) is 12.4. The van der Waals surface area contributed by atoms with Gasteiger partial charge in [-0.1, -0.05) is 47.7 Å². The summed E-state index contributed by atoms with van der Waals surface area (Å²) in [6.07, 6.45) is 0. The Bertz CT molecular complexity index is 943. The standard InChI is InChI=1S/C15H8N4S2/c16-9-11-13(12-7-4-8-20-12)17-15-19(11)18-14(21-15)10-5-2-1-3-6-10/h1-8H. The van der Waals surface area contributed by atoms with Crippen LogP contribution < -0.4 is 0 Å². The van der Waals surface area contributed by atoms with Gasteiger partial charge in [0.2, 0.25) is 4.96 Å². The molecular formula is C15H8N4S2. The van der Waals surface area contributed by atoms with Crippen LogP contribution in [0.5, 0.6) is 0 Å². The van der Waals surface area contributed by atoms with E-state index in [1.165, 1.54) is 11.3 Å². The molecular weight excluding hydrogens is 300 g/mol. The quantitative estimate of drug-likeness (QED) is 0.561. The predicted octanol–water partition coefficient (Wildman–Crippen LogP) is 4.06. The summed E-state index contributed by atoms with van der Waals surface area (Å²) < 4.78 is 1.64. The molecule has 0 unspecified atom stereocenters. The van der Waals surface area contributed by atoms with Crippen LogP contribution in [-0.2, 0) is 0 Å². The molecule has 1 aromatic carbocycles. The average molecular weight is 308 g/mol. The van der Waals surface area contributed by atoms with Gasteiger partial charge in [0, 0.05) is 5.56 Å². The molecule has 6 heteroatoms. The molecule has 0 N–H and O–H groups in total. The minimum absolute atomic E-state index is 0.492. The van der Waals surface area contributed by atoms with Gasteiger partial charge in [-0.25, -0.2) is 4.98 Å². The van der Waals surface area contributed by atoms with Crippen LogP contribution >= 0.6 is 22.7 Å². The van der Waals surface area contributed by atoms with Gasteiger partial charge < -0.3 is 0 Å². The molecule has 0 saturated carbocycles. The highest BCUT2D eigenvalue weighted by Gasteiger charge is 2.18. The first-order chi connectivity index (χ1) is 10.4. The van der Waals surface area contributed by atoms with Crippen molar-refractivity contribution in [2.24, 2.45) is 0 Å². The normalized spacial score (nSPS) is 10.8. The van der Waals surface area contributed by atoms with Crippen molar-refractivity contribution in [1.82, 2.24) is 14.6 Å². The maximum atomic E-state index is 9.44. The molecule has 0 saturated heterocycles. The fraction of sp³-hybridized carbons (Fsp3) is 0. The van der Waals surface area contributed by atoms with E-state index < -0.39 is 0 Å². The smallest absolute Gasteiger partial charge is 0.214 e. The maximum Gasteiger partial charge on any atom is 0.214 e. The molecule has 0 amide bonds. The number of nitrogens with zero attached hydrogens (tertiary/aromatic N) is 4. The minimum atomic E-state index is 0.492. The molecule has 3 heterocycles. The van der Waals surface area contributed by atoms with Crippen LogP contribution in [0.25, 0.3) is 26.1 Å². The van der Waals surface area contributed by atoms with Crippen LogP contribution in [0, 0.1) is 11.3 Å². The highest BCUT2D eigenvalue weighted by atomic mass is 32.1. The lowest BCUT2D eigenvalue weighted by molar-refractivity contribution is 0.960. The van der Waals surface area contributed by atoms with Gasteiger partial charge in [-0.05, 0) is 11.4 Å². The average Bonchev–Trinajstić information content (AvgIpc) is 3.22. The van der Waals surface area contributed by atoms with Crippen LogP contribution in [-0.4, -0.2) is 14.6 Å². The number of rotatable bonds is 2. The van der Waals surface area contributed by atoms with E-state index in [9.17, 15) is 5.26 Å². The molecule has 100 valence electrons. The summed E-state index contributed by atoms with van der Waals surface area (Å²) in [5.74, 6) is 0. The fourth-order valence-corrected chi connectivity index (χ4v) is 3.75. The highest BCUT2D eigenvalue weighted by molar-refractivity contribution is 7.20. The second-order valence-electron chi connectivity index (χ2n) is 4.37. The van der Waals surface area contributed by atoms with E-state index in [1.54, 1.807) is 15.9 Å². The molecule has 4 rings (SSSR count). The number of benzene rings is 1. The van der Waals surface area contributed by atoms with Crippen LogP contribution in [0.15, 0.2) is 47.8 Å². The number of nitriles is 1. The van der Waals surface area contributed by atoms with Crippen molar-refractivity contribution in [3.8, 4) is 27.2 Å². The number of imidazole rings is 1. The molecule has 0 bridgehead atoms. The zero-order chi connectivity index (χ0) is 14.2. The summed E-state index contributed by atoms with van der Waals surface area (Å²) in [6, 6.07) is 16.1. The summed E-state index contributed by atoms with van der Waals surface area (Å²) in [7, 11) is 0. The number of hydrogen-bond donors (Lipinski definition) is 0. The summed E-state index contributed by atoms with van der Waals surface area (Å²) in [5.41, 5.74) is 2.24. The van der Waals surface area contributed by atoms with Crippen LogP contribution in [0.3, 0.4) is 0 Å². The molecule has 0 fully saturated rings. The molecule has 4 aromatic rings. The largest absolute Gasteiger partial charge is 0.215 e. The summed E-state index contributed by atoms with van der Waals surface area (Å²) >= 11 is 3.07. The first-order valence-corrected chi connectivity index (χ1v) is 7.95. The van der Waals surface area contributed by atoms with Gasteiger partial charge in [0.1, 0.15) is 16.8 Å². The van der Waals surface area contributed by atoms with Gasteiger partial charge in [0.25, 0.3) is 0 Å². The van der Waals surface area contributed by atoms with Gasteiger partial charge in [-0.2, -0.15) is 14.9 Å². The Kier molecular flexibility index (Phi) is 2.81. The lowest BCUT2D eigenvalue weighted by atomic mass is 10.2. The van der Waals surface area contributed by atoms with Crippen LogP contribution in [0.2, 0.25) is 0 Å². The van der Waals surface area contributed by atoms with Crippen molar-refractivity contribution in [3.05, 3.63) is 53.5 Å². The Labute approximate surface area is 128 Å². The van der Waals surface area contributed by atoms with E-state index in [1.807, 2.05) is 47.8 Å². The SMILES string of the molecule is N#Cc1c(-c2cccs2)nc2sc(-c3ccccc3)nn12. The molecule has 0 aliphatic carbocycles. The van der Waals surface area contributed by atoms with E-state index in [0.717, 1.165) is 20.4 Å². The van der Waals surface area contributed by atoms with Crippen molar-refractivity contribution in [1.29, 1.82) is 5.26 Å². The maximum absolute atomic E-state index is 9.44. The van der Waals surface area contributed by atoms with Gasteiger partial charge >= 0.3 is 0 Å². The lowest BCUT2D eigenvalue weighted by Crippen LogP contribution is -1.90. The van der Waals surface area contributed by atoms with E-state index in [0.29, 0.717) is 11.4 Å². The number of fused-ring (bicyclic) bond motifs is 1. The number of thiophene rings is 1. The minimum Gasteiger partial charge on any atom is -0.215 e. The molecule has 21 heavy (non-hydrogen) atoms. The van der Waals surface area contributed by atoms with Crippen molar-refractivity contribution >= 4 is 27.6 Å². The number of hydrogen-bond acceptors (Lipinski definition) is 5. The second-order valence-corrected chi connectivity index (χ2v) is 6.27. The second kappa shape index (κ2) is 4.81. The molecule has 3 aromatic heterocycles. The van der Waals surface area contributed by atoms with Crippen molar-refractivity contribution in [2.75, 3.05) is 0 Å². The Morgan fingerprint density at radius 3 is 2.67 bits per heavy atom. The van der Waals surface area contributed by atoms with Crippen molar-refractivity contribution in [3.63, 3.8) is 0 Å². The summed E-state index contributed by atoms with van der Waals surface area (Å²) in [4.78, 5) is 6.31. The van der Waals surface area contributed by atoms with E-state index in [-0.39, 0.29) is 0 Å². The van der Waals surface area contributed by atoms with Gasteiger partial charge in [0.05, 0.1) is 4.88 Å². The predicted molar refractivity (Wildman–Crippen MR) is 84.3 cm³/mol. The zero-order valence-electron chi connectivity index (χ0n) is 10.7. The molecule has 0 radical (unpaired) electrons. The molecule has 4 nitrogen and oxygen atoms in total. The molecule has 0 spiro atoms. The van der Waals surface area contributed by atoms with Gasteiger partial charge in [-0.3, -0.25) is 0 Å². The Morgan fingerprint density at radius 2 is 1.95 bits per heavy atom. The van der Waals surface area contributed by atoms with Crippen molar-refractivity contribution in [2.45, 2.75) is 0 Å². The van der Waals surface area contributed by atoms with E-state index >= 15 is 0 Å². The Morgan fingerprint density at radius 1 is 1.10 bits per heavy atom. The van der Waals surface area contributed by atoms with Crippen LogP contribution in [0.1, 0.15) is 5.69 Å². The van der Waals surface area contributed by atoms with Crippen LogP contribution in [0.4, 0.5) is 0 Å². The van der Waals surface area contributed by atoms with E-state index in [2.05, 4.69) is 16.2 Å². The Balaban J connectivity index is 1.92.